The Morgan fingerprint density at radius 3 is 2.55 bits per heavy atom. The Morgan fingerprint density at radius 1 is 1.25 bits per heavy atom. The average Bonchev–Trinajstić information content (AvgIpc) is 2.49. The van der Waals surface area contributed by atoms with E-state index in [9.17, 15) is 5.11 Å². The first-order valence-corrected chi connectivity index (χ1v) is 8.43. The van der Waals surface area contributed by atoms with E-state index in [0.29, 0.717) is 11.5 Å². The first-order valence-electron chi connectivity index (χ1n) is 8.43. The quantitative estimate of drug-likeness (QED) is 0.787. The van der Waals surface area contributed by atoms with Gasteiger partial charge in [-0.05, 0) is 64.1 Å². The molecule has 0 aliphatic carbocycles. The van der Waals surface area contributed by atoms with Gasteiger partial charge in [0.05, 0.1) is 5.60 Å². The van der Waals surface area contributed by atoms with Crippen LogP contribution in [0.15, 0.2) is 0 Å². The van der Waals surface area contributed by atoms with Crippen molar-refractivity contribution in [3.05, 3.63) is 0 Å². The zero-order chi connectivity index (χ0) is 15.2. The van der Waals surface area contributed by atoms with Gasteiger partial charge in [-0.25, -0.2) is 0 Å². The second kappa shape index (κ2) is 7.77. The largest absolute Gasteiger partial charge is 0.390 e. The summed E-state index contributed by atoms with van der Waals surface area (Å²) in [5, 5.41) is 13.9. The predicted octanol–water partition coefficient (Wildman–Crippen LogP) is 3.03. The fraction of sp³-hybridized carbons (Fsp3) is 1.00. The van der Waals surface area contributed by atoms with Gasteiger partial charge in [-0.1, -0.05) is 27.7 Å². The highest BCUT2D eigenvalue weighted by atomic mass is 16.3. The highest BCUT2D eigenvalue weighted by Gasteiger charge is 2.27. The second-order valence-electron chi connectivity index (χ2n) is 7.85. The summed E-state index contributed by atoms with van der Waals surface area (Å²) in [7, 11) is 0. The lowest BCUT2D eigenvalue weighted by Gasteiger charge is -2.33. The number of nitrogens with zero attached hydrogens (tertiary/aromatic N) is 1. The summed E-state index contributed by atoms with van der Waals surface area (Å²) >= 11 is 0. The number of nitrogens with one attached hydrogen (secondary N) is 1. The van der Waals surface area contributed by atoms with Crippen molar-refractivity contribution in [2.24, 2.45) is 5.41 Å². The summed E-state index contributed by atoms with van der Waals surface area (Å²) < 4.78 is 0. The molecule has 0 spiro atoms. The van der Waals surface area contributed by atoms with Crippen LogP contribution in [0, 0.1) is 5.41 Å². The first kappa shape index (κ1) is 17.9. The molecule has 2 unspecified atom stereocenters. The van der Waals surface area contributed by atoms with E-state index in [1.807, 2.05) is 6.92 Å². The number of hydrogen-bond acceptors (Lipinski definition) is 3. The molecule has 0 bridgehead atoms. The predicted molar refractivity (Wildman–Crippen MR) is 87.1 cm³/mol. The molecule has 2 atom stereocenters. The van der Waals surface area contributed by atoms with Crippen LogP contribution in [-0.2, 0) is 0 Å². The van der Waals surface area contributed by atoms with Gasteiger partial charge < -0.3 is 15.3 Å². The van der Waals surface area contributed by atoms with E-state index < -0.39 is 5.60 Å². The monoisotopic (exact) mass is 284 g/mol. The van der Waals surface area contributed by atoms with Gasteiger partial charge >= 0.3 is 0 Å². The van der Waals surface area contributed by atoms with Crippen LogP contribution in [0.2, 0.25) is 0 Å². The van der Waals surface area contributed by atoms with Crippen molar-refractivity contribution in [1.82, 2.24) is 10.2 Å². The topological polar surface area (TPSA) is 35.5 Å². The fourth-order valence-electron chi connectivity index (χ4n) is 3.01. The molecule has 0 saturated carbocycles. The summed E-state index contributed by atoms with van der Waals surface area (Å²) in [6.45, 7) is 15.6. The third-order valence-electron chi connectivity index (χ3n) is 4.58. The Labute approximate surface area is 126 Å². The van der Waals surface area contributed by atoms with Gasteiger partial charge in [0.2, 0.25) is 0 Å². The minimum Gasteiger partial charge on any atom is -0.390 e. The van der Waals surface area contributed by atoms with Crippen molar-refractivity contribution in [2.45, 2.75) is 78.4 Å². The van der Waals surface area contributed by atoms with Gasteiger partial charge in [0.1, 0.15) is 0 Å². The van der Waals surface area contributed by atoms with Crippen molar-refractivity contribution in [3.8, 4) is 0 Å². The molecule has 1 saturated heterocycles. The molecule has 1 aliphatic rings. The Hall–Kier alpha value is -0.120. The molecule has 1 fully saturated rings. The normalized spacial score (nSPS) is 27.3. The van der Waals surface area contributed by atoms with Gasteiger partial charge in [-0.2, -0.15) is 0 Å². The van der Waals surface area contributed by atoms with Crippen molar-refractivity contribution in [3.63, 3.8) is 0 Å². The maximum absolute atomic E-state index is 10.2. The van der Waals surface area contributed by atoms with Crippen LogP contribution >= 0.6 is 0 Å². The third kappa shape index (κ3) is 6.55. The van der Waals surface area contributed by atoms with Crippen molar-refractivity contribution >= 4 is 0 Å². The van der Waals surface area contributed by atoms with Crippen LogP contribution in [0.25, 0.3) is 0 Å². The third-order valence-corrected chi connectivity index (χ3v) is 4.58. The molecule has 0 aromatic carbocycles. The Balaban J connectivity index is 2.42. The maximum Gasteiger partial charge on any atom is 0.0632 e. The van der Waals surface area contributed by atoms with Crippen molar-refractivity contribution in [2.75, 3.05) is 26.2 Å². The van der Waals surface area contributed by atoms with E-state index in [1.54, 1.807) is 0 Å². The molecule has 0 amide bonds. The summed E-state index contributed by atoms with van der Waals surface area (Å²) in [5.41, 5.74) is -0.134. The SMILES string of the molecule is CCCNC(CCN1CCCC(C)(O)CC1)C(C)(C)C. The number of likely N-dealkylation sites (tertiary alicyclic amines) is 1. The van der Waals surface area contributed by atoms with E-state index in [1.165, 1.54) is 12.8 Å². The van der Waals surface area contributed by atoms with E-state index in [0.717, 1.165) is 45.4 Å². The molecule has 0 aromatic heterocycles. The molecule has 120 valence electrons. The molecular weight excluding hydrogens is 248 g/mol. The average molecular weight is 284 g/mol. The maximum atomic E-state index is 10.2. The van der Waals surface area contributed by atoms with Crippen LogP contribution in [0.3, 0.4) is 0 Å². The van der Waals surface area contributed by atoms with E-state index in [-0.39, 0.29) is 0 Å². The standard InChI is InChI=1S/C17H36N2O/c1-6-11-18-15(16(2,3)4)8-13-19-12-7-9-17(5,20)10-14-19/h15,18,20H,6-14H2,1-5H3. The van der Waals surface area contributed by atoms with Crippen LogP contribution in [0.1, 0.15) is 66.7 Å². The van der Waals surface area contributed by atoms with Gasteiger partial charge in [0.25, 0.3) is 0 Å². The molecule has 1 rings (SSSR count). The minimum atomic E-state index is -0.446. The Morgan fingerprint density at radius 2 is 1.95 bits per heavy atom. The van der Waals surface area contributed by atoms with Crippen molar-refractivity contribution < 1.29 is 5.11 Å². The van der Waals surface area contributed by atoms with Crippen LogP contribution in [0.4, 0.5) is 0 Å². The lowest BCUT2D eigenvalue weighted by Crippen LogP contribution is -2.43. The van der Waals surface area contributed by atoms with E-state index in [4.69, 9.17) is 0 Å². The zero-order valence-electron chi connectivity index (χ0n) is 14.3. The van der Waals surface area contributed by atoms with E-state index >= 15 is 0 Å². The first-order chi connectivity index (χ1) is 9.24. The molecule has 2 N–H and O–H groups in total. The highest BCUT2D eigenvalue weighted by molar-refractivity contribution is 4.83. The smallest absolute Gasteiger partial charge is 0.0632 e. The molecule has 3 heteroatoms. The number of hydrogen-bond donors (Lipinski definition) is 2. The van der Waals surface area contributed by atoms with Gasteiger partial charge in [-0.3, -0.25) is 0 Å². The Kier molecular flexibility index (Phi) is 6.96. The number of aliphatic hydroxyl groups is 1. The van der Waals surface area contributed by atoms with Crippen LogP contribution < -0.4 is 5.32 Å². The molecule has 20 heavy (non-hydrogen) atoms. The lowest BCUT2D eigenvalue weighted by molar-refractivity contribution is 0.0444. The van der Waals surface area contributed by atoms with Gasteiger partial charge in [-0.15, -0.1) is 0 Å². The summed E-state index contributed by atoms with van der Waals surface area (Å²) in [5.74, 6) is 0. The summed E-state index contributed by atoms with van der Waals surface area (Å²) in [6, 6.07) is 0.575. The molecule has 3 nitrogen and oxygen atoms in total. The fourth-order valence-corrected chi connectivity index (χ4v) is 3.01. The van der Waals surface area contributed by atoms with Crippen molar-refractivity contribution in [1.29, 1.82) is 0 Å². The minimum absolute atomic E-state index is 0.312. The van der Waals surface area contributed by atoms with Crippen LogP contribution in [0.5, 0.6) is 0 Å². The Bertz CT molecular complexity index is 271. The number of rotatable bonds is 6. The summed E-state index contributed by atoms with van der Waals surface area (Å²) in [6.07, 6.45) is 5.37. The lowest BCUT2D eigenvalue weighted by atomic mass is 9.84. The zero-order valence-corrected chi connectivity index (χ0v) is 14.3. The molecule has 1 aliphatic heterocycles. The van der Waals surface area contributed by atoms with E-state index in [2.05, 4.69) is 37.9 Å². The molecular formula is C17H36N2O. The summed E-state index contributed by atoms with van der Waals surface area (Å²) in [4.78, 5) is 2.54. The highest BCUT2D eigenvalue weighted by Crippen LogP contribution is 2.24. The molecule has 0 radical (unpaired) electrons. The van der Waals surface area contributed by atoms with Crippen LogP contribution in [-0.4, -0.2) is 47.8 Å². The van der Waals surface area contributed by atoms with Gasteiger partial charge in [0, 0.05) is 12.6 Å². The van der Waals surface area contributed by atoms with Gasteiger partial charge in [0.15, 0.2) is 0 Å². The molecule has 0 aromatic rings. The molecule has 1 heterocycles. The second-order valence-corrected chi connectivity index (χ2v) is 7.85.